The number of hydrogen-bond donors (Lipinski definition) is 0. The molecule has 0 spiro atoms. The molecule has 2 aromatic carbocycles. The first-order valence-corrected chi connectivity index (χ1v) is 4.77. The number of benzene rings is 2. The summed E-state index contributed by atoms with van der Waals surface area (Å²) in [5, 5.41) is 0. The summed E-state index contributed by atoms with van der Waals surface area (Å²) >= 11 is 0. The molecule has 0 N–H and O–H groups in total. The van der Waals surface area contributed by atoms with Crippen molar-refractivity contribution in [1.82, 2.24) is 0 Å². The molecule has 0 aromatic heterocycles. The molecule has 1 heterocycles. The lowest BCUT2D eigenvalue weighted by atomic mass is 10.0. The SMILES string of the molecule is C#Cc1c(-c2ccccc2)ccc2c1O2. The summed E-state index contributed by atoms with van der Waals surface area (Å²) in [4.78, 5) is 0. The lowest BCUT2D eigenvalue weighted by Crippen LogP contribution is -1.80. The normalized spacial score (nSPS) is 11.1. The highest BCUT2D eigenvalue weighted by molar-refractivity contribution is 5.80. The van der Waals surface area contributed by atoms with Crippen LogP contribution in [0.1, 0.15) is 5.56 Å². The molecule has 1 aliphatic rings. The minimum Gasteiger partial charge on any atom is -0.448 e. The molecule has 1 aliphatic heterocycles. The van der Waals surface area contributed by atoms with Crippen LogP contribution in [0.4, 0.5) is 0 Å². The van der Waals surface area contributed by atoms with Gasteiger partial charge in [0.15, 0.2) is 11.5 Å². The Kier molecular flexibility index (Phi) is 1.57. The van der Waals surface area contributed by atoms with Crippen molar-refractivity contribution in [3.63, 3.8) is 0 Å². The molecule has 0 fully saturated rings. The van der Waals surface area contributed by atoms with Crippen LogP contribution in [0.3, 0.4) is 0 Å². The Labute approximate surface area is 88.3 Å². The summed E-state index contributed by atoms with van der Waals surface area (Å²) in [6.45, 7) is 0. The van der Waals surface area contributed by atoms with Gasteiger partial charge < -0.3 is 4.74 Å². The predicted molar refractivity (Wildman–Crippen MR) is 59.9 cm³/mol. The van der Waals surface area contributed by atoms with E-state index in [4.69, 9.17) is 11.2 Å². The first-order chi connectivity index (χ1) is 7.40. The Morgan fingerprint density at radius 1 is 1.00 bits per heavy atom. The van der Waals surface area contributed by atoms with Gasteiger partial charge in [-0.25, -0.2) is 0 Å². The smallest absolute Gasteiger partial charge is 0.186 e. The minimum atomic E-state index is 0.860. The van der Waals surface area contributed by atoms with Gasteiger partial charge in [0.1, 0.15) is 0 Å². The van der Waals surface area contributed by atoms with E-state index in [0.717, 1.165) is 28.2 Å². The second-order valence-corrected chi connectivity index (χ2v) is 3.43. The van der Waals surface area contributed by atoms with E-state index < -0.39 is 0 Å². The van der Waals surface area contributed by atoms with Crippen molar-refractivity contribution >= 4 is 0 Å². The van der Waals surface area contributed by atoms with E-state index in [2.05, 4.69) is 5.92 Å². The zero-order chi connectivity index (χ0) is 10.3. The van der Waals surface area contributed by atoms with Gasteiger partial charge in [0.25, 0.3) is 0 Å². The monoisotopic (exact) mass is 192 g/mol. The van der Waals surface area contributed by atoms with Crippen LogP contribution in [0, 0.1) is 12.3 Å². The predicted octanol–water partition coefficient (Wildman–Crippen LogP) is 3.44. The third kappa shape index (κ3) is 1.19. The van der Waals surface area contributed by atoms with E-state index in [1.807, 2.05) is 42.5 Å². The van der Waals surface area contributed by atoms with E-state index in [1.165, 1.54) is 0 Å². The van der Waals surface area contributed by atoms with Gasteiger partial charge >= 0.3 is 0 Å². The molecule has 15 heavy (non-hydrogen) atoms. The lowest BCUT2D eigenvalue weighted by Gasteiger charge is -2.01. The van der Waals surface area contributed by atoms with Gasteiger partial charge in [-0.2, -0.15) is 0 Å². The largest absolute Gasteiger partial charge is 0.448 e. The van der Waals surface area contributed by atoms with E-state index >= 15 is 0 Å². The van der Waals surface area contributed by atoms with E-state index in [1.54, 1.807) is 0 Å². The fraction of sp³-hybridized carbons (Fsp3) is 0. The lowest BCUT2D eigenvalue weighted by molar-refractivity contribution is 0.648. The Hall–Kier alpha value is -2.20. The Morgan fingerprint density at radius 3 is 2.53 bits per heavy atom. The molecule has 0 aliphatic carbocycles. The van der Waals surface area contributed by atoms with Gasteiger partial charge in [-0.1, -0.05) is 36.3 Å². The fourth-order valence-electron chi connectivity index (χ4n) is 1.73. The molecule has 0 saturated carbocycles. The summed E-state index contributed by atoms with van der Waals surface area (Å²) in [6, 6.07) is 14.1. The number of fused-ring (bicyclic) bond motifs is 1. The zero-order valence-corrected chi connectivity index (χ0v) is 8.03. The highest BCUT2D eigenvalue weighted by Gasteiger charge is 2.26. The second-order valence-electron chi connectivity index (χ2n) is 3.43. The van der Waals surface area contributed by atoms with Crippen molar-refractivity contribution in [2.75, 3.05) is 0 Å². The molecular formula is C14H8O. The van der Waals surface area contributed by atoms with Crippen LogP contribution in [-0.2, 0) is 0 Å². The molecule has 0 bridgehead atoms. The van der Waals surface area contributed by atoms with Gasteiger partial charge in [0.05, 0.1) is 5.56 Å². The summed E-state index contributed by atoms with van der Waals surface area (Å²) < 4.78 is 5.28. The number of hydrogen-bond acceptors (Lipinski definition) is 1. The Bertz CT molecular complexity index is 562. The van der Waals surface area contributed by atoms with E-state index in [0.29, 0.717) is 0 Å². The number of rotatable bonds is 1. The van der Waals surface area contributed by atoms with Crippen molar-refractivity contribution in [3.8, 4) is 35.0 Å². The molecule has 0 amide bonds. The highest BCUT2D eigenvalue weighted by Crippen LogP contribution is 2.50. The second kappa shape index (κ2) is 2.90. The number of ether oxygens (including phenoxy) is 1. The van der Waals surface area contributed by atoms with Crippen molar-refractivity contribution in [3.05, 3.63) is 48.0 Å². The molecule has 0 radical (unpaired) electrons. The molecule has 70 valence electrons. The van der Waals surface area contributed by atoms with Gasteiger partial charge in [0, 0.05) is 5.56 Å². The van der Waals surface area contributed by atoms with Crippen LogP contribution in [0.5, 0.6) is 11.5 Å². The first-order valence-electron chi connectivity index (χ1n) is 4.77. The quantitative estimate of drug-likeness (QED) is 0.425. The maximum absolute atomic E-state index is 5.49. The third-order valence-corrected chi connectivity index (χ3v) is 2.52. The Morgan fingerprint density at radius 2 is 1.80 bits per heavy atom. The molecular weight excluding hydrogens is 184 g/mol. The van der Waals surface area contributed by atoms with Crippen LogP contribution < -0.4 is 4.74 Å². The molecule has 0 saturated heterocycles. The van der Waals surface area contributed by atoms with Crippen LogP contribution in [-0.4, -0.2) is 0 Å². The summed E-state index contributed by atoms with van der Waals surface area (Å²) in [5.74, 6) is 4.45. The maximum Gasteiger partial charge on any atom is 0.186 e. The molecule has 3 rings (SSSR count). The Balaban J connectivity index is 2.23. The average molecular weight is 192 g/mol. The minimum absolute atomic E-state index is 0.860. The van der Waals surface area contributed by atoms with Crippen LogP contribution >= 0.6 is 0 Å². The van der Waals surface area contributed by atoms with E-state index in [9.17, 15) is 0 Å². The van der Waals surface area contributed by atoms with Crippen molar-refractivity contribution < 1.29 is 4.74 Å². The summed E-state index contributed by atoms with van der Waals surface area (Å²) in [6.07, 6.45) is 5.49. The molecule has 0 atom stereocenters. The van der Waals surface area contributed by atoms with Gasteiger partial charge in [-0.15, -0.1) is 6.42 Å². The van der Waals surface area contributed by atoms with Crippen LogP contribution in [0.2, 0.25) is 0 Å². The summed E-state index contributed by atoms with van der Waals surface area (Å²) in [7, 11) is 0. The zero-order valence-electron chi connectivity index (χ0n) is 8.03. The maximum atomic E-state index is 5.49. The molecule has 2 aromatic rings. The van der Waals surface area contributed by atoms with Crippen LogP contribution in [0.25, 0.3) is 11.1 Å². The van der Waals surface area contributed by atoms with Gasteiger partial charge in [-0.05, 0) is 17.7 Å². The molecule has 1 heteroatoms. The van der Waals surface area contributed by atoms with Crippen molar-refractivity contribution in [2.24, 2.45) is 0 Å². The highest BCUT2D eigenvalue weighted by atomic mass is 16.6. The van der Waals surface area contributed by atoms with E-state index in [-0.39, 0.29) is 0 Å². The van der Waals surface area contributed by atoms with Gasteiger partial charge in [-0.3, -0.25) is 0 Å². The third-order valence-electron chi connectivity index (χ3n) is 2.52. The van der Waals surface area contributed by atoms with Gasteiger partial charge in [0.2, 0.25) is 0 Å². The summed E-state index contributed by atoms with van der Waals surface area (Å²) in [5.41, 5.74) is 3.05. The first kappa shape index (κ1) is 8.14. The fourth-order valence-corrected chi connectivity index (χ4v) is 1.73. The van der Waals surface area contributed by atoms with Crippen LogP contribution in [0.15, 0.2) is 42.5 Å². The van der Waals surface area contributed by atoms with Crippen molar-refractivity contribution in [1.29, 1.82) is 0 Å². The molecule has 0 unspecified atom stereocenters. The van der Waals surface area contributed by atoms with Crippen molar-refractivity contribution in [2.45, 2.75) is 0 Å². The standard InChI is InChI=1S/C14H8O/c1-2-11-12(8-9-13-14(11)15-13)10-6-4-3-5-7-10/h1,3-9H. The topological polar surface area (TPSA) is 12.5 Å². The molecule has 1 nitrogen and oxygen atoms in total. The number of terminal acetylenes is 1. The average Bonchev–Trinajstić information content (AvgIpc) is 3.07.